The monoisotopic (exact) mass is 457 g/mol. The van der Waals surface area contributed by atoms with Crippen molar-refractivity contribution < 1.29 is 0 Å². The molecule has 3 N–H and O–H groups in total. The van der Waals surface area contributed by atoms with Crippen molar-refractivity contribution >= 4 is 5.82 Å². The van der Waals surface area contributed by atoms with E-state index in [1.165, 1.54) is 4.68 Å². The number of aromatic amines is 1. The van der Waals surface area contributed by atoms with Crippen LogP contribution in [0.4, 0.5) is 5.82 Å². The fourth-order valence-corrected chi connectivity index (χ4v) is 3.79. The number of nitrogens with one attached hydrogen (secondary N) is 1. The number of nitrogens with zero attached hydrogens (tertiary/aromatic N) is 7. The fourth-order valence-electron chi connectivity index (χ4n) is 3.79. The molecule has 3 heterocycles. The van der Waals surface area contributed by atoms with Crippen molar-refractivity contribution in [1.29, 1.82) is 0 Å². The molecule has 0 saturated carbocycles. The lowest BCUT2D eigenvalue weighted by Gasteiger charge is -2.10. The molecular weight excluding hydrogens is 438 g/mol. The quantitative estimate of drug-likeness (QED) is 0.392. The molecule has 0 aliphatic rings. The van der Waals surface area contributed by atoms with Crippen molar-refractivity contribution in [3.63, 3.8) is 0 Å². The van der Waals surface area contributed by atoms with Crippen LogP contribution in [0.3, 0.4) is 0 Å². The third kappa shape index (κ3) is 3.80. The standard InChI is InChI=1S/C26H19N9/c27-23-20(25-30-24(32-33-25)19-14-8-3-9-15-19)16-28-35(23)26-29-21(17-10-4-1-5-11-17)22(31-34-26)18-12-6-2-7-13-18/h1-16H,27H2,(H,30,32,33). The van der Waals surface area contributed by atoms with Gasteiger partial charge >= 0.3 is 0 Å². The minimum absolute atomic E-state index is 0.259. The summed E-state index contributed by atoms with van der Waals surface area (Å²) in [4.78, 5) is 9.39. The average molecular weight is 458 g/mol. The zero-order valence-electron chi connectivity index (χ0n) is 18.4. The van der Waals surface area contributed by atoms with Gasteiger partial charge in [-0.1, -0.05) is 91.0 Å². The van der Waals surface area contributed by atoms with E-state index in [-0.39, 0.29) is 5.95 Å². The molecular formula is C26H19N9. The second kappa shape index (κ2) is 8.64. The molecule has 0 radical (unpaired) electrons. The van der Waals surface area contributed by atoms with Gasteiger partial charge in [-0.2, -0.15) is 14.9 Å². The summed E-state index contributed by atoms with van der Waals surface area (Å²) in [7, 11) is 0. The maximum atomic E-state index is 6.46. The summed E-state index contributed by atoms with van der Waals surface area (Å²) in [5.74, 6) is 1.66. The first-order valence-corrected chi connectivity index (χ1v) is 11.0. The van der Waals surface area contributed by atoms with Crippen LogP contribution in [0.1, 0.15) is 0 Å². The van der Waals surface area contributed by atoms with E-state index >= 15 is 0 Å². The summed E-state index contributed by atoms with van der Waals surface area (Å²) in [6.07, 6.45) is 1.61. The summed E-state index contributed by atoms with van der Waals surface area (Å²) < 4.78 is 1.45. The van der Waals surface area contributed by atoms with Gasteiger partial charge in [0.15, 0.2) is 11.6 Å². The molecule has 0 fully saturated rings. The minimum atomic E-state index is 0.259. The first kappa shape index (κ1) is 20.4. The van der Waals surface area contributed by atoms with Crippen molar-refractivity contribution in [1.82, 2.24) is 40.1 Å². The third-order valence-corrected chi connectivity index (χ3v) is 5.54. The SMILES string of the molecule is Nc1c(-c2nc(-c3ccccc3)n[nH]2)cnn1-c1nnc(-c2ccccc2)c(-c2ccccc2)n1. The predicted octanol–water partition coefficient (Wildman–Crippen LogP) is 4.43. The topological polar surface area (TPSA) is 124 Å². The molecule has 0 aliphatic heterocycles. The molecule has 0 atom stereocenters. The zero-order chi connectivity index (χ0) is 23.6. The zero-order valence-corrected chi connectivity index (χ0v) is 18.4. The Balaban J connectivity index is 1.42. The molecule has 6 rings (SSSR count). The second-order valence-corrected chi connectivity index (χ2v) is 7.77. The van der Waals surface area contributed by atoms with E-state index in [9.17, 15) is 0 Å². The van der Waals surface area contributed by atoms with Crippen LogP contribution in [0.2, 0.25) is 0 Å². The molecule has 168 valence electrons. The Labute approximate surface area is 200 Å². The summed E-state index contributed by atoms with van der Waals surface area (Å²) >= 11 is 0. The van der Waals surface area contributed by atoms with Crippen molar-refractivity contribution in [2.75, 3.05) is 5.73 Å². The van der Waals surface area contributed by atoms with Crippen LogP contribution in [0.15, 0.2) is 97.2 Å². The van der Waals surface area contributed by atoms with Crippen LogP contribution in [0.5, 0.6) is 0 Å². The van der Waals surface area contributed by atoms with Crippen molar-refractivity contribution in [3.8, 4) is 51.2 Å². The number of rotatable bonds is 5. The van der Waals surface area contributed by atoms with E-state index in [4.69, 9.17) is 10.7 Å². The molecule has 0 aliphatic carbocycles. The lowest BCUT2D eigenvalue weighted by Crippen LogP contribution is -2.10. The van der Waals surface area contributed by atoms with E-state index in [1.807, 2.05) is 91.0 Å². The van der Waals surface area contributed by atoms with Gasteiger partial charge in [0.1, 0.15) is 17.2 Å². The largest absolute Gasteiger partial charge is 0.383 e. The summed E-state index contributed by atoms with van der Waals surface area (Å²) in [5.41, 5.74) is 11.1. The molecule has 6 aromatic rings. The van der Waals surface area contributed by atoms with Gasteiger partial charge < -0.3 is 5.73 Å². The Morgan fingerprint density at radius 2 is 1.26 bits per heavy atom. The Kier molecular flexibility index (Phi) is 5.04. The van der Waals surface area contributed by atoms with Gasteiger partial charge in [0, 0.05) is 16.7 Å². The summed E-state index contributed by atoms with van der Waals surface area (Å²) in [6.45, 7) is 0. The number of hydrogen-bond acceptors (Lipinski definition) is 7. The van der Waals surface area contributed by atoms with E-state index in [0.717, 1.165) is 16.7 Å². The van der Waals surface area contributed by atoms with Crippen LogP contribution in [-0.4, -0.2) is 40.1 Å². The maximum absolute atomic E-state index is 6.46. The van der Waals surface area contributed by atoms with Gasteiger partial charge in [-0.25, -0.2) is 9.97 Å². The van der Waals surface area contributed by atoms with Crippen molar-refractivity contribution in [2.45, 2.75) is 0 Å². The van der Waals surface area contributed by atoms with Gasteiger partial charge in [-0.15, -0.1) is 10.2 Å². The molecule has 3 aromatic carbocycles. The molecule has 0 saturated heterocycles. The van der Waals surface area contributed by atoms with E-state index in [0.29, 0.717) is 34.4 Å². The number of benzene rings is 3. The molecule has 0 amide bonds. The number of nitrogen functional groups attached to an aromatic ring is 1. The Morgan fingerprint density at radius 3 is 1.91 bits per heavy atom. The highest BCUT2D eigenvalue weighted by Crippen LogP contribution is 2.30. The normalized spacial score (nSPS) is 11.0. The second-order valence-electron chi connectivity index (χ2n) is 7.77. The van der Waals surface area contributed by atoms with Gasteiger partial charge in [-0.3, -0.25) is 5.10 Å². The molecule has 9 nitrogen and oxygen atoms in total. The number of H-pyrrole nitrogens is 1. The smallest absolute Gasteiger partial charge is 0.272 e. The molecule has 9 heteroatoms. The maximum Gasteiger partial charge on any atom is 0.272 e. The predicted molar refractivity (Wildman–Crippen MR) is 133 cm³/mol. The van der Waals surface area contributed by atoms with Crippen molar-refractivity contribution in [2.24, 2.45) is 0 Å². The van der Waals surface area contributed by atoms with Crippen molar-refractivity contribution in [3.05, 3.63) is 97.2 Å². The van der Waals surface area contributed by atoms with Gasteiger partial charge in [0.05, 0.1) is 11.8 Å². The Bertz CT molecular complexity index is 1590. The minimum Gasteiger partial charge on any atom is -0.383 e. The Hall–Kier alpha value is -5.18. The highest BCUT2D eigenvalue weighted by atomic mass is 15.4. The van der Waals surface area contributed by atoms with Crippen LogP contribution >= 0.6 is 0 Å². The van der Waals surface area contributed by atoms with Crippen LogP contribution in [0, 0.1) is 0 Å². The first-order chi connectivity index (χ1) is 17.3. The summed E-state index contributed by atoms with van der Waals surface area (Å²) in [5, 5.41) is 20.5. The van der Waals surface area contributed by atoms with Gasteiger partial charge in [0.2, 0.25) is 0 Å². The van der Waals surface area contributed by atoms with E-state index < -0.39 is 0 Å². The number of hydrogen-bond donors (Lipinski definition) is 2. The van der Waals surface area contributed by atoms with Crippen LogP contribution in [0.25, 0.3) is 51.2 Å². The van der Waals surface area contributed by atoms with E-state index in [1.54, 1.807) is 6.20 Å². The summed E-state index contributed by atoms with van der Waals surface area (Å²) in [6, 6.07) is 29.4. The first-order valence-electron chi connectivity index (χ1n) is 11.0. The number of aromatic nitrogens is 8. The lowest BCUT2D eigenvalue weighted by molar-refractivity contribution is 0.785. The fraction of sp³-hybridized carbons (Fsp3) is 0. The van der Waals surface area contributed by atoms with Gasteiger partial charge in [-0.05, 0) is 0 Å². The molecule has 0 bridgehead atoms. The number of nitrogens with two attached hydrogens (primary N) is 1. The molecule has 35 heavy (non-hydrogen) atoms. The highest BCUT2D eigenvalue weighted by Gasteiger charge is 2.19. The highest BCUT2D eigenvalue weighted by molar-refractivity contribution is 5.78. The number of anilines is 1. The molecule has 0 spiro atoms. The Morgan fingerprint density at radius 1 is 0.657 bits per heavy atom. The van der Waals surface area contributed by atoms with Crippen LogP contribution < -0.4 is 5.73 Å². The molecule has 3 aromatic heterocycles. The van der Waals surface area contributed by atoms with E-state index in [2.05, 4.69) is 30.5 Å². The van der Waals surface area contributed by atoms with Crippen LogP contribution in [-0.2, 0) is 0 Å². The third-order valence-electron chi connectivity index (χ3n) is 5.54. The average Bonchev–Trinajstić information content (AvgIpc) is 3.57. The van der Waals surface area contributed by atoms with Gasteiger partial charge in [0.25, 0.3) is 5.95 Å². The molecule has 0 unspecified atom stereocenters. The lowest BCUT2D eigenvalue weighted by atomic mass is 10.0.